The monoisotopic (exact) mass is 412 g/mol. The Balaban J connectivity index is 1.21. The number of hydrogen-bond acceptors (Lipinski definition) is 7. The maximum absolute atomic E-state index is 12.9. The predicted octanol–water partition coefficient (Wildman–Crippen LogP) is 1.97. The van der Waals surface area contributed by atoms with Crippen molar-refractivity contribution in [3.05, 3.63) is 47.5 Å². The lowest BCUT2D eigenvalue weighted by atomic mass is 9.78. The average Bonchev–Trinajstić information content (AvgIpc) is 3.43. The first-order valence-corrected chi connectivity index (χ1v) is 10.4. The summed E-state index contributed by atoms with van der Waals surface area (Å²) in [4.78, 5) is 37.2. The van der Waals surface area contributed by atoms with E-state index >= 15 is 0 Å². The Labute approximate surface area is 174 Å². The van der Waals surface area contributed by atoms with E-state index < -0.39 is 42.0 Å². The van der Waals surface area contributed by atoms with Gasteiger partial charge in [0.1, 0.15) is 12.2 Å². The quantitative estimate of drug-likeness (QED) is 0.305. The van der Waals surface area contributed by atoms with Crippen LogP contribution in [-0.4, -0.2) is 43.0 Å². The lowest BCUT2D eigenvalue weighted by Gasteiger charge is -2.30. The number of fused-ring (bicyclic) bond motifs is 2. The summed E-state index contributed by atoms with van der Waals surface area (Å²) in [6.45, 7) is 4.99. The second-order valence-electron chi connectivity index (χ2n) is 8.71. The van der Waals surface area contributed by atoms with Crippen LogP contribution >= 0.6 is 0 Å². The van der Waals surface area contributed by atoms with Crippen LogP contribution in [0.3, 0.4) is 0 Å². The van der Waals surface area contributed by atoms with E-state index in [4.69, 9.17) is 18.9 Å². The van der Waals surface area contributed by atoms with Crippen molar-refractivity contribution in [2.75, 3.05) is 6.79 Å². The molecule has 0 amide bonds. The lowest BCUT2D eigenvalue weighted by molar-refractivity contribution is -0.174. The van der Waals surface area contributed by atoms with E-state index in [1.165, 1.54) is 11.1 Å². The van der Waals surface area contributed by atoms with Crippen LogP contribution in [0.1, 0.15) is 24.5 Å². The number of carbonyl (C=O) groups excluding carboxylic acids is 3. The van der Waals surface area contributed by atoms with Crippen molar-refractivity contribution in [2.45, 2.75) is 44.5 Å². The Morgan fingerprint density at radius 3 is 2.53 bits per heavy atom. The van der Waals surface area contributed by atoms with Gasteiger partial charge in [0.05, 0.1) is 17.9 Å². The molecule has 158 valence electrons. The molecular weight excluding hydrogens is 388 g/mol. The molecule has 1 aliphatic heterocycles. The number of esters is 3. The summed E-state index contributed by atoms with van der Waals surface area (Å²) in [7, 11) is 0. The van der Waals surface area contributed by atoms with Crippen molar-refractivity contribution in [3.8, 4) is 0 Å². The van der Waals surface area contributed by atoms with Crippen molar-refractivity contribution < 1.29 is 33.3 Å². The van der Waals surface area contributed by atoms with Gasteiger partial charge in [-0.05, 0) is 37.3 Å². The minimum absolute atomic E-state index is 0.0275. The molecule has 6 atom stereocenters. The maximum Gasteiger partial charge on any atom is 0.333 e. The molecule has 6 unspecified atom stereocenters. The van der Waals surface area contributed by atoms with Gasteiger partial charge < -0.3 is 18.9 Å². The van der Waals surface area contributed by atoms with Crippen LogP contribution in [0.25, 0.3) is 0 Å². The molecule has 3 aliphatic carbocycles. The third kappa shape index (κ3) is 3.03. The minimum atomic E-state index is -0.673. The van der Waals surface area contributed by atoms with E-state index in [9.17, 15) is 14.4 Å². The minimum Gasteiger partial charge on any atom is -0.458 e. The molecule has 2 bridgehead atoms. The van der Waals surface area contributed by atoms with Gasteiger partial charge in [-0.15, -0.1) is 0 Å². The molecule has 3 fully saturated rings. The number of carbonyl (C=O) groups is 3. The zero-order valence-electron chi connectivity index (χ0n) is 16.7. The largest absolute Gasteiger partial charge is 0.458 e. The number of ether oxygens (including phenoxy) is 4. The number of hydrogen-bond donors (Lipinski definition) is 0. The molecule has 1 saturated heterocycles. The van der Waals surface area contributed by atoms with Gasteiger partial charge in [0.25, 0.3) is 0 Å². The van der Waals surface area contributed by atoms with Gasteiger partial charge in [0.15, 0.2) is 6.79 Å². The summed E-state index contributed by atoms with van der Waals surface area (Å²) in [6.07, 6.45) is 1.04. The highest BCUT2D eigenvalue weighted by Crippen LogP contribution is 2.59. The van der Waals surface area contributed by atoms with Gasteiger partial charge in [-0.1, -0.05) is 30.8 Å². The van der Waals surface area contributed by atoms with Gasteiger partial charge in [-0.3, -0.25) is 9.59 Å². The summed E-state index contributed by atoms with van der Waals surface area (Å²) in [5.74, 6) is -3.04. The van der Waals surface area contributed by atoms with Crippen molar-refractivity contribution >= 4 is 17.9 Å². The van der Waals surface area contributed by atoms with E-state index in [0.717, 1.165) is 12.8 Å². The highest BCUT2D eigenvalue weighted by Gasteiger charge is 2.70. The summed E-state index contributed by atoms with van der Waals surface area (Å²) in [5, 5.41) is 0. The van der Waals surface area contributed by atoms with Gasteiger partial charge in [0, 0.05) is 17.4 Å². The second kappa shape index (κ2) is 7.23. The van der Waals surface area contributed by atoms with Crippen LogP contribution in [0, 0.1) is 23.7 Å². The zero-order valence-corrected chi connectivity index (χ0v) is 16.7. The molecule has 0 N–H and O–H groups in total. The molecule has 7 heteroatoms. The third-order valence-electron chi connectivity index (χ3n) is 6.93. The van der Waals surface area contributed by atoms with Gasteiger partial charge >= 0.3 is 17.9 Å². The molecule has 0 aromatic heterocycles. The van der Waals surface area contributed by atoms with Crippen molar-refractivity contribution in [1.29, 1.82) is 0 Å². The van der Waals surface area contributed by atoms with E-state index in [2.05, 4.69) is 18.7 Å². The van der Waals surface area contributed by atoms with Crippen LogP contribution in [-0.2, 0) is 46.2 Å². The van der Waals surface area contributed by atoms with Crippen molar-refractivity contribution in [1.82, 2.24) is 0 Å². The molecule has 0 radical (unpaired) electrons. The highest BCUT2D eigenvalue weighted by atomic mass is 16.7. The Morgan fingerprint density at radius 2 is 1.87 bits per heavy atom. The van der Waals surface area contributed by atoms with Gasteiger partial charge in [0.2, 0.25) is 0 Å². The zero-order chi connectivity index (χ0) is 21.0. The second-order valence-corrected chi connectivity index (χ2v) is 8.71. The number of benzene rings is 1. The third-order valence-corrected chi connectivity index (χ3v) is 6.93. The maximum atomic E-state index is 12.9. The molecule has 0 spiro atoms. The topological polar surface area (TPSA) is 88.1 Å². The number of rotatable bonds is 6. The van der Waals surface area contributed by atoms with Crippen LogP contribution < -0.4 is 0 Å². The Hall–Kier alpha value is -2.67. The molecule has 30 heavy (non-hydrogen) atoms. The average molecular weight is 412 g/mol. The Bertz CT molecular complexity index is 897. The van der Waals surface area contributed by atoms with Crippen LogP contribution in [0.4, 0.5) is 0 Å². The van der Waals surface area contributed by atoms with Gasteiger partial charge in [-0.25, -0.2) is 4.79 Å². The Kier molecular flexibility index (Phi) is 4.65. The highest BCUT2D eigenvalue weighted by molar-refractivity contribution is 5.88. The molecule has 4 aliphatic rings. The molecule has 5 rings (SSSR count). The van der Waals surface area contributed by atoms with Crippen LogP contribution in [0.15, 0.2) is 36.4 Å². The predicted molar refractivity (Wildman–Crippen MR) is 103 cm³/mol. The first-order valence-electron chi connectivity index (χ1n) is 10.4. The van der Waals surface area contributed by atoms with Crippen molar-refractivity contribution in [3.63, 3.8) is 0 Å². The first kappa shape index (κ1) is 19.3. The summed E-state index contributed by atoms with van der Waals surface area (Å²) >= 11 is 0. The summed E-state index contributed by atoms with van der Waals surface area (Å²) < 4.78 is 22.2. The fourth-order valence-corrected chi connectivity index (χ4v) is 5.61. The van der Waals surface area contributed by atoms with E-state index in [1.54, 1.807) is 6.92 Å². The molecule has 7 nitrogen and oxygen atoms in total. The molecule has 1 heterocycles. The fraction of sp³-hybridized carbons (Fsp3) is 0.522. The normalized spacial score (nSPS) is 33.3. The Morgan fingerprint density at radius 1 is 1.17 bits per heavy atom. The standard InChI is InChI=1S/C23H24O7/c1-11(2)21(24)29-19-15-9-16-18(23(26)30-20(16)19)17(15)22(25)28-10-27-14-7-12-5-3-4-6-13(12)8-14/h3-6,14-20H,1,7-10H2,2H3. The fourth-order valence-electron chi connectivity index (χ4n) is 5.61. The molecule has 1 aromatic carbocycles. The molecule has 1 aromatic rings. The SMILES string of the molecule is C=C(C)C(=O)OC1C2CC3C1OC(=O)C3C2C(=O)OCOC1Cc2ccccc2C1. The lowest BCUT2D eigenvalue weighted by Crippen LogP contribution is -2.44. The summed E-state index contributed by atoms with van der Waals surface area (Å²) in [5.41, 5.74) is 2.77. The molecule has 2 saturated carbocycles. The van der Waals surface area contributed by atoms with Crippen LogP contribution in [0.5, 0.6) is 0 Å². The van der Waals surface area contributed by atoms with Crippen LogP contribution in [0.2, 0.25) is 0 Å². The van der Waals surface area contributed by atoms with E-state index in [1.807, 2.05) is 12.1 Å². The van der Waals surface area contributed by atoms with E-state index in [-0.39, 0.29) is 30.3 Å². The summed E-state index contributed by atoms with van der Waals surface area (Å²) in [6, 6.07) is 8.16. The van der Waals surface area contributed by atoms with Gasteiger partial charge in [-0.2, -0.15) is 0 Å². The first-order chi connectivity index (χ1) is 14.4. The molecular formula is C23H24O7. The van der Waals surface area contributed by atoms with E-state index in [0.29, 0.717) is 6.42 Å². The van der Waals surface area contributed by atoms with Crippen molar-refractivity contribution in [2.24, 2.45) is 23.7 Å². The smallest absolute Gasteiger partial charge is 0.333 e.